The van der Waals surface area contributed by atoms with E-state index in [0.29, 0.717) is 39.3 Å². The molecular formula is C42H32O9. The Morgan fingerprint density at radius 3 is 1.43 bits per heavy atom. The molecule has 7 N–H and O–H groups in total. The van der Waals surface area contributed by atoms with Crippen LogP contribution >= 0.6 is 0 Å². The van der Waals surface area contributed by atoms with Crippen molar-refractivity contribution in [2.24, 2.45) is 0 Å². The van der Waals surface area contributed by atoms with E-state index in [9.17, 15) is 35.7 Å². The first-order valence-electron chi connectivity index (χ1n) is 16.3. The molecule has 0 bridgehead atoms. The van der Waals surface area contributed by atoms with Crippen LogP contribution in [0.15, 0.2) is 115 Å². The van der Waals surface area contributed by atoms with E-state index < -0.39 is 24.0 Å². The van der Waals surface area contributed by atoms with Crippen LogP contribution in [0.3, 0.4) is 0 Å². The summed E-state index contributed by atoms with van der Waals surface area (Å²) >= 11 is 0. The van der Waals surface area contributed by atoms with Crippen molar-refractivity contribution in [1.82, 2.24) is 0 Å². The number of hydrogen-bond acceptors (Lipinski definition) is 9. The van der Waals surface area contributed by atoms with Crippen LogP contribution in [0.1, 0.15) is 68.6 Å². The predicted molar refractivity (Wildman–Crippen MR) is 190 cm³/mol. The van der Waals surface area contributed by atoms with Gasteiger partial charge in [-0.05, 0) is 100 Å². The van der Waals surface area contributed by atoms with Crippen LogP contribution in [-0.2, 0) is 0 Å². The molecule has 2 aliphatic rings. The molecule has 0 aromatic heterocycles. The Labute approximate surface area is 292 Å². The van der Waals surface area contributed by atoms with Crippen molar-refractivity contribution in [3.05, 3.63) is 160 Å². The highest BCUT2D eigenvalue weighted by molar-refractivity contribution is 5.76. The van der Waals surface area contributed by atoms with Crippen LogP contribution in [0.25, 0.3) is 12.2 Å². The summed E-state index contributed by atoms with van der Waals surface area (Å²) in [6.07, 6.45) is 2.40. The minimum atomic E-state index is -0.691. The SMILES string of the molecule is Oc1ccc(/C=C/c2cc(O)cc3c2[C@H](c2cc(O)c4c(c2)O[C@H](c2ccc(O)cc2)[C@H]4c2cc(O)cc(O)c2)[C@@H](c2ccc(O)cc2)O3)cc1. The maximum absolute atomic E-state index is 11.9. The molecule has 51 heavy (non-hydrogen) atoms. The number of phenolic OH excluding ortho intramolecular Hbond substituents is 7. The standard InChI is InChI=1S/C42H32O9/c43-28-9-2-22(3-10-28)1-4-25-15-33(48)21-36-37(25)38(41(51-36)23-5-11-29(44)12-6-23)27-18-34(49)40-35(19-27)50-42(24-7-13-30(45)14-8-24)39(40)26-16-31(46)20-32(47)17-26/h1-21,38-39,41-49H/b4-1+/t38-,39-,41+,42+/m0/s1. The van der Waals surface area contributed by atoms with E-state index in [0.717, 1.165) is 16.7 Å². The highest BCUT2D eigenvalue weighted by atomic mass is 16.5. The van der Waals surface area contributed by atoms with E-state index in [1.54, 1.807) is 91.0 Å². The number of ether oxygens (including phenoxy) is 2. The summed E-state index contributed by atoms with van der Waals surface area (Å²) < 4.78 is 13.2. The number of phenols is 7. The molecule has 0 spiro atoms. The van der Waals surface area contributed by atoms with Gasteiger partial charge < -0.3 is 45.2 Å². The smallest absolute Gasteiger partial charge is 0.135 e. The van der Waals surface area contributed by atoms with Gasteiger partial charge in [0.15, 0.2) is 0 Å². The third-order valence-electron chi connectivity index (χ3n) is 9.47. The topological polar surface area (TPSA) is 160 Å². The second-order valence-corrected chi connectivity index (χ2v) is 12.8. The number of benzene rings is 6. The van der Waals surface area contributed by atoms with Crippen molar-refractivity contribution >= 4 is 12.2 Å². The average Bonchev–Trinajstić information content (AvgIpc) is 3.68. The number of hydrogen-bond donors (Lipinski definition) is 7. The highest BCUT2D eigenvalue weighted by Crippen LogP contribution is 2.58. The van der Waals surface area contributed by atoms with Gasteiger partial charge in [0.25, 0.3) is 0 Å². The summed E-state index contributed by atoms with van der Waals surface area (Å²) in [6.45, 7) is 0. The fourth-order valence-corrected chi connectivity index (χ4v) is 7.24. The lowest BCUT2D eigenvalue weighted by Crippen LogP contribution is -2.12. The summed E-state index contributed by atoms with van der Waals surface area (Å²) in [6, 6.07) is 30.9. The zero-order valence-electron chi connectivity index (χ0n) is 26.9. The largest absolute Gasteiger partial charge is 0.508 e. The van der Waals surface area contributed by atoms with Gasteiger partial charge in [0.05, 0.1) is 11.8 Å². The molecule has 0 fully saturated rings. The Morgan fingerprint density at radius 2 is 0.863 bits per heavy atom. The van der Waals surface area contributed by atoms with Crippen LogP contribution in [0.5, 0.6) is 51.7 Å². The van der Waals surface area contributed by atoms with Crippen LogP contribution in [-0.4, -0.2) is 35.7 Å². The molecule has 0 amide bonds. The van der Waals surface area contributed by atoms with Crippen LogP contribution in [0.2, 0.25) is 0 Å². The molecule has 9 nitrogen and oxygen atoms in total. The summed E-state index contributed by atoms with van der Waals surface area (Å²) in [7, 11) is 0. The molecule has 254 valence electrons. The van der Waals surface area contributed by atoms with Gasteiger partial charge in [-0.3, -0.25) is 0 Å². The van der Waals surface area contributed by atoms with Crippen LogP contribution in [0, 0.1) is 0 Å². The molecule has 6 aromatic carbocycles. The summed E-state index contributed by atoms with van der Waals surface area (Å²) in [5, 5.41) is 73.3. The normalized spacial score (nSPS) is 19.0. The Kier molecular flexibility index (Phi) is 7.60. The van der Waals surface area contributed by atoms with Gasteiger partial charge in [-0.1, -0.05) is 48.6 Å². The molecular weight excluding hydrogens is 648 g/mol. The maximum Gasteiger partial charge on any atom is 0.135 e. The molecule has 8 rings (SSSR count). The Hall–Kier alpha value is -6.74. The minimum absolute atomic E-state index is 0.00158. The third-order valence-corrected chi connectivity index (χ3v) is 9.47. The van der Waals surface area contributed by atoms with E-state index in [2.05, 4.69) is 0 Å². The molecule has 0 saturated heterocycles. The van der Waals surface area contributed by atoms with E-state index in [4.69, 9.17) is 9.47 Å². The van der Waals surface area contributed by atoms with Gasteiger partial charge in [0, 0.05) is 23.3 Å². The monoisotopic (exact) mass is 680 g/mol. The fraction of sp³-hybridized carbons (Fsp3) is 0.0952. The summed E-state index contributed by atoms with van der Waals surface area (Å²) in [5.41, 5.74) is 5.31. The molecule has 0 saturated carbocycles. The van der Waals surface area contributed by atoms with Gasteiger partial charge >= 0.3 is 0 Å². The van der Waals surface area contributed by atoms with Gasteiger partial charge in [-0.2, -0.15) is 0 Å². The second kappa shape index (κ2) is 12.3. The summed E-state index contributed by atoms with van der Waals surface area (Å²) in [5.74, 6) is -0.400. The lowest BCUT2D eigenvalue weighted by Gasteiger charge is -2.22. The minimum Gasteiger partial charge on any atom is -0.508 e. The Morgan fingerprint density at radius 1 is 0.392 bits per heavy atom. The Bertz CT molecular complexity index is 2270. The third kappa shape index (κ3) is 5.84. The zero-order valence-corrected chi connectivity index (χ0v) is 26.9. The van der Waals surface area contributed by atoms with Crippen molar-refractivity contribution in [2.45, 2.75) is 24.0 Å². The highest BCUT2D eigenvalue weighted by Gasteiger charge is 2.43. The first kappa shape index (κ1) is 31.5. The molecule has 9 heteroatoms. The van der Waals surface area contributed by atoms with Gasteiger partial charge in [-0.25, -0.2) is 0 Å². The molecule has 2 aliphatic heterocycles. The lowest BCUT2D eigenvalue weighted by atomic mass is 9.80. The number of rotatable bonds is 6. The number of aromatic hydroxyl groups is 7. The van der Waals surface area contributed by atoms with Gasteiger partial charge in [0.1, 0.15) is 64.0 Å². The number of fused-ring (bicyclic) bond motifs is 2. The first-order chi connectivity index (χ1) is 24.6. The fourth-order valence-electron chi connectivity index (χ4n) is 7.24. The molecule has 6 aromatic rings. The van der Waals surface area contributed by atoms with E-state index >= 15 is 0 Å². The van der Waals surface area contributed by atoms with Gasteiger partial charge in [0.2, 0.25) is 0 Å². The van der Waals surface area contributed by atoms with Crippen LogP contribution in [0.4, 0.5) is 0 Å². The van der Waals surface area contributed by atoms with Crippen molar-refractivity contribution < 1.29 is 45.2 Å². The molecule has 2 heterocycles. The van der Waals surface area contributed by atoms with Crippen molar-refractivity contribution in [3.63, 3.8) is 0 Å². The first-order valence-corrected chi connectivity index (χ1v) is 16.3. The van der Waals surface area contributed by atoms with E-state index in [1.165, 1.54) is 18.2 Å². The van der Waals surface area contributed by atoms with Crippen LogP contribution < -0.4 is 9.47 Å². The Balaban J connectivity index is 1.29. The maximum atomic E-state index is 11.9. The van der Waals surface area contributed by atoms with Crippen molar-refractivity contribution in [3.8, 4) is 51.7 Å². The van der Waals surface area contributed by atoms with Crippen molar-refractivity contribution in [2.75, 3.05) is 0 Å². The van der Waals surface area contributed by atoms with E-state index in [1.807, 2.05) is 18.2 Å². The predicted octanol–water partition coefficient (Wildman–Crippen LogP) is 8.33. The quantitative estimate of drug-likeness (QED) is 0.0858. The average molecular weight is 681 g/mol. The molecule has 0 aliphatic carbocycles. The summed E-state index contributed by atoms with van der Waals surface area (Å²) in [4.78, 5) is 0. The van der Waals surface area contributed by atoms with Gasteiger partial charge in [-0.15, -0.1) is 0 Å². The molecule has 0 unspecified atom stereocenters. The molecule has 0 radical (unpaired) electrons. The zero-order chi connectivity index (χ0) is 35.4. The lowest BCUT2D eigenvalue weighted by molar-refractivity contribution is 0.218. The second-order valence-electron chi connectivity index (χ2n) is 12.8. The molecule has 4 atom stereocenters. The van der Waals surface area contributed by atoms with Crippen molar-refractivity contribution in [1.29, 1.82) is 0 Å². The van der Waals surface area contributed by atoms with E-state index in [-0.39, 0.29) is 40.2 Å².